The quantitative estimate of drug-likeness (QED) is 0.513. The molecule has 1 fully saturated rings. The van der Waals surface area contributed by atoms with Crippen LogP contribution in [0.25, 0.3) is 16.6 Å². The van der Waals surface area contributed by atoms with Crippen LogP contribution in [0.15, 0.2) is 52.4 Å². The highest BCUT2D eigenvalue weighted by Crippen LogP contribution is 2.28. The summed E-state index contributed by atoms with van der Waals surface area (Å²) in [5, 5.41) is 4.08. The van der Waals surface area contributed by atoms with Gasteiger partial charge in [0.15, 0.2) is 5.16 Å². The number of nitrogens with one attached hydrogen (secondary N) is 1. The van der Waals surface area contributed by atoms with Crippen molar-refractivity contribution < 1.29 is 4.79 Å². The van der Waals surface area contributed by atoms with E-state index in [9.17, 15) is 9.59 Å². The molecule has 0 atom stereocenters. The van der Waals surface area contributed by atoms with Gasteiger partial charge in [-0.05, 0) is 56.4 Å². The van der Waals surface area contributed by atoms with E-state index in [1.54, 1.807) is 10.6 Å². The number of para-hydroxylation sites is 1. The maximum Gasteiger partial charge on any atom is 0.266 e. The predicted molar refractivity (Wildman–Crippen MR) is 113 cm³/mol. The summed E-state index contributed by atoms with van der Waals surface area (Å²) in [5.41, 5.74) is 3.47. The number of hydrogen-bond donors (Lipinski definition) is 1. The third-order valence-electron chi connectivity index (χ3n) is 4.96. The summed E-state index contributed by atoms with van der Waals surface area (Å²) in [6, 6.07) is 13.3. The average Bonchev–Trinajstić information content (AvgIpc) is 3.50. The smallest absolute Gasteiger partial charge is 0.266 e. The van der Waals surface area contributed by atoms with Crippen LogP contribution in [0.4, 0.5) is 0 Å². The number of fused-ring (bicyclic) bond motifs is 1. The van der Waals surface area contributed by atoms with E-state index >= 15 is 0 Å². The Balaban J connectivity index is 1.72. The topological polar surface area (TPSA) is 64.0 Å². The number of aromatic nitrogens is 2. The Morgan fingerprint density at radius 1 is 1.21 bits per heavy atom. The Morgan fingerprint density at radius 3 is 2.75 bits per heavy atom. The standard InChI is InChI=1S/C22H23N3O2S/c1-14-7-10-19(15(2)11-14)25-21(27)17-5-3-4-6-18(17)24-22(25)28-13-20(26)23-12-16-8-9-16/h3-7,10-11,16H,8-9,12-13H2,1-2H3,(H,23,26). The molecule has 144 valence electrons. The molecule has 3 aromatic rings. The van der Waals surface area contributed by atoms with Gasteiger partial charge in [-0.2, -0.15) is 0 Å². The molecule has 2 aromatic carbocycles. The number of hydrogen-bond acceptors (Lipinski definition) is 4. The minimum atomic E-state index is -0.113. The van der Waals surface area contributed by atoms with Crippen LogP contribution in [0.3, 0.4) is 0 Å². The second kappa shape index (κ2) is 7.80. The number of nitrogens with zero attached hydrogens (tertiary/aromatic N) is 2. The van der Waals surface area contributed by atoms with E-state index in [1.165, 1.54) is 24.6 Å². The molecule has 5 nitrogen and oxygen atoms in total. The van der Waals surface area contributed by atoms with E-state index in [1.807, 2.05) is 50.2 Å². The molecule has 0 unspecified atom stereocenters. The molecule has 1 amide bonds. The molecule has 1 N–H and O–H groups in total. The molecular weight excluding hydrogens is 370 g/mol. The zero-order valence-corrected chi connectivity index (χ0v) is 16.9. The largest absolute Gasteiger partial charge is 0.355 e. The van der Waals surface area contributed by atoms with E-state index in [2.05, 4.69) is 5.32 Å². The zero-order valence-electron chi connectivity index (χ0n) is 16.1. The fourth-order valence-corrected chi connectivity index (χ4v) is 4.07. The van der Waals surface area contributed by atoms with E-state index < -0.39 is 0 Å². The molecule has 28 heavy (non-hydrogen) atoms. The summed E-state index contributed by atoms with van der Waals surface area (Å²) in [6.07, 6.45) is 2.40. The Bertz CT molecular complexity index is 1100. The zero-order chi connectivity index (χ0) is 19.7. The lowest BCUT2D eigenvalue weighted by atomic mass is 10.1. The molecule has 0 radical (unpaired) electrons. The van der Waals surface area contributed by atoms with Gasteiger partial charge < -0.3 is 5.32 Å². The van der Waals surface area contributed by atoms with Gasteiger partial charge in [0.05, 0.1) is 22.3 Å². The number of carbonyl (C=O) groups is 1. The molecule has 1 heterocycles. The molecule has 0 spiro atoms. The van der Waals surface area contributed by atoms with Gasteiger partial charge in [0.1, 0.15) is 0 Å². The summed E-state index contributed by atoms with van der Waals surface area (Å²) in [5.74, 6) is 0.857. The first kappa shape index (κ1) is 18.7. The first-order valence-electron chi connectivity index (χ1n) is 9.52. The molecule has 4 rings (SSSR count). The maximum atomic E-state index is 13.3. The van der Waals surface area contributed by atoms with Crippen LogP contribution in [0.5, 0.6) is 0 Å². The van der Waals surface area contributed by atoms with Gasteiger partial charge in [0.2, 0.25) is 5.91 Å². The summed E-state index contributed by atoms with van der Waals surface area (Å²) in [6.45, 7) is 4.76. The number of carbonyl (C=O) groups excluding carboxylic acids is 1. The third kappa shape index (κ3) is 3.97. The van der Waals surface area contributed by atoms with Gasteiger partial charge in [-0.3, -0.25) is 14.2 Å². The Hall–Kier alpha value is -2.60. The molecular formula is C22H23N3O2S. The second-order valence-electron chi connectivity index (χ2n) is 7.38. The van der Waals surface area contributed by atoms with Crippen LogP contribution < -0.4 is 10.9 Å². The molecule has 1 aliphatic rings. The fourth-order valence-electron chi connectivity index (χ4n) is 3.24. The normalized spacial score (nSPS) is 13.6. The summed E-state index contributed by atoms with van der Waals surface area (Å²) >= 11 is 1.30. The highest BCUT2D eigenvalue weighted by Gasteiger charge is 2.22. The highest BCUT2D eigenvalue weighted by molar-refractivity contribution is 7.99. The molecule has 0 aliphatic heterocycles. The maximum absolute atomic E-state index is 13.3. The third-order valence-corrected chi connectivity index (χ3v) is 5.89. The van der Waals surface area contributed by atoms with Crippen molar-refractivity contribution in [3.05, 3.63) is 63.9 Å². The molecule has 6 heteroatoms. The van der Waals surface area contributed by atoms with E-state index in [0.29, 0.717) is 22.0 Å². The van der Waals surface area contributed by atoms with Gasteiger partial charge in [0.25, 0.3) is 5.56 Å². The van der Waals surface area contributed by atoms with Crippen molar-refractivity contribution in [1.29, 1.82) is 0 Å². The molecule has 1 aliphatic carbocycles. The molecule has 0 bridgehead atoms. The Morgan fingerprint density at radius 2 is 2.00 bits per heavy atom. The van der Waals surface area contributed by atoms with Crippen molar-refractivity contribution in [2.45, 2.75) is 31.8 Å². The first-order valence-corrected chi connectivity index (χ1v) is 10.5. The van der Waals surface area contributed by atoms with Crippen LogP contribution in [0, 0.1) is 19.8 Å². The monoisotopic (exact) mass is 393 g/mol. The summed E-state index contributed by atoms with van der Waals surface area (Å²) in [4.78, 5) is 30.2. The van der Waals surface area contributed by atoms with Gasteiger partial charge >= 0.3 is 0 Å². The molecule has 0 saturated heterocycles. The lowest BCUT2D eigenvalue weighted by Gasteiger charge is -2.15. The van der Waals surface area contributed by atoms with Crippen molar-refractivity contribution >= 4 is 28.6 Å². The van der Waals surface area contributed by atoms with Crippen LogP contribution in [0.1, 0.15) is 24.0 Å². The van der Waals surface area contributed by atoms with Crippen molar-refractivity contribution in [1.82, 2.24) is 14.9 Å². The van der Waals surface area contributed by atoms with Gasteiger partial charge in [0, 0.05) is 6.54 Å². The van der Waals surface area contributed by atoms with Crippen molar-refractivity contribution in [2.24, 2.45) is 5.92 Å². The van der Waals surface area contributed by atoms with Gasteiger partial charge in [-0.15, -0.1) is 0 Å². The average molecular weight is 394 g/mol. The van der Waals surface area contributed by atoms with E-state index in [0.717, 1.165) is 23.4 Å². The number of benzene rings is 2. The molecule has 1 saturated carbocycles. The van der Waals surface area contributed by atoms with E-state index in [-0.39, 0.29) is 17.2 Å². The predicted octanol–water partition coefficient (Wildman–Crippen LogP) is 3.62. The van der Waals surface area contributed by atoms with Crippen molar-refractivity contribution in [3.63, 3.8) is 0 Å². The summed E-state index contributed by atoms with van der Waals surface area (Å²) in [7, 11) is 0. The van der Waals surface area contributed by atoms with Crippen LogP contribution in [0.2, 0.25) is 0 Å². The lowest BCUT2D eigenvalue weighted by Crippen LogP contribution is -2.28. The highest BCUT2D eigenvalue weighted by atomic mass is 32.2. The van der Waals surface area contributed by atoms with Gasteiger partial charge in [-0.1, -0.05) is 41.6 Å². The van der Waals surface area contributed by atoms with Crippen LogP contribution >= 0.6 is 11.8 Å². The number of thioether (sulfide) groups is 1. The molecule has 1 aromatic heterocycles. The minimum Gasteiger partial charge on any atom is -0.355 e. The van der Waals surface area contributed by atoms with Crippen molar-refractivity contribution in [2.75, 3.05) is 12.3 Å². The van der Waals surface area contributed by atoms with Crippen LogP contribution in [-0.2, 0) is 4.79 Å². The number of aryl methyl sites for hydroxylation is 2. The summed E-state index contributed by atoms with van der Waals surface area (Å²) < 4.78 is 1.63. The van der Waals surface area contributed by atoms with Gasteiger partial charge in [-0.25, -0.2) is 4.98 Å². The Kier molecular flexibility index (Phi) is 5.22. The lowest BCUT2D eigenvalue weighted by molar-refractivity contribution is -0.118. The Labute approximate surface area is 168 Å². The van der Waals surface area contributed by atoms with Crippen LogP contribution in [-0.4, -0.2) is 27.8 Å². The van der Waals surface area contributed by atoms with Crippen molar-refractivity contribution in [3.8, 4) is 5.69 Å². The fraction of sp³-hybridized carbons (Fsp3) is 0.318. The first-order chi connectivity index (χ1) is 13.5. The number of rotatable bonds is 6. The minimum absolute atomic E-state index is 0.0218. The van der Waals surface area contributed by atoms with E-state index in [4.69, 9.17) is 4.98 Å². The second-order valence-corrected chi connectivity index (χ2v) is 8.32. The SMILES string of the molecule is Cc1ccc(-n2c(SCC(=O)NCC3CC3)nc3ccccc3c2=O)c(C)c1. The number of amides is 1.